The van der Waals surface area contributed by atoms with Crippen LogP contribution < -0.4 is 4.74 Å². The van der Waals surface area contributed by atoms with E-state index in [1.807, 2.05) is 128 Å². The minimum atomic E-state index is 0. The first-order valence-corrected chi connectivity index (χ1v) is 24.2. The van der Waals surface area contributed by atoms with E-state index in [2.05, 4.69) is 129 Å². The normalized spacial score (nSPS) is 10.6. The molecule has 4 aromatic heterocycles. The quantitative estimate of drug-likeness (QED) is 0.128. The van der Waals surface area contributed by atoms with Gasteiger partial charge >= 0.3 is 0 Å². The molecular formula is C61H52N2O4S2Zr. The van der Waals surface area contributed by atoms with Gasteiger partial charge in [-0.3, -0.25) is 9.13 Å². The second-order valence-corrected chi connectivity index (χ2v) is 17.7. The molecule has 3 N–H and O–H groups in total. The molecule has 0 spiro atoms. The predicted molar refractivity (Wildman–Crippen MR) is 293 cm³/mol. The molecule has 0 aliphatic rings. The standard InChI is InChI=1S/C24H19NO2S.C23H17NO2S.2C7H7.Zr/c1-26-22-14-8-5-11-18(22)19-15-28-24(23(19)27-2)25-20-12-6-3-9-16(20)17-10-4-7-13-21(17)25;1-26-21-13-7-4-10-17(21)18-14-27-23(22(18)25)24-19-11-5-2-8-15(19)16-9-3-6-12-20(16)24;2*1-7-5-3-2-4-6-7;/h3-15H,1-2H3;2-14,25H,1H3;2*2-6H,1H2;/q;;2*-1;/p+2. The van der Waals surface area contributed by atoms with E-state index in [0.29, 0.717) is 5.75 Å². The summed E-state index contributed by atoms with van der Waals surface area (Å²) in [5.41, 5.74) is 10.6. The molecule has 0 saturated heterocycles. The number of benzene rings is 8. The van der Waals surface area contributed by atoms with Crippen molar-refractivity contribution < 1.29 is 45.5 Å². The second kappa shape index (κ2) is 22.8. The van der Waals surface area contributed by atoms with Crippen molar-refractivity contribution in [2.24, 2.45) is 0 Å². The Morgan fingerprint density at radius 1 is 0.414 bits per heavy atom. The van der Waals surface area contributed by atoms with Crippen LogP contribution in [0, 0.1) is 13.8 Å². The van der Waals surface area contributed by atoms with Crippen molar-refractivity contribution >= 4 is 66.3 Å². The summed E-state index contributed by atoms with van der Waals surface area (Å²) < 4.78 is 19.2. The van der Waals surface area contributed by atoms with Gasteiger partial charge in [0, 0.05) is 81.8 Å². The van der Waals surface area contributed by atoms with Crippen molar-refractivity contribution in [1.29, 1.82) is 0 Å². The van der Waals surface area contributed by atoms with Crippen LogP contribution in [0.5, 0.6) is 23.0 Å². The molecular weight excluding hydrogens is 980 g/mol. The van der Waals surface area contributed by atoms with Gasteiger partial charge in [-0.1, -0.05) is 109 Å². The summed E-state index contributed by atoms with van der Waals surface area (Å²) in [5.74, 6) is 3.02. The molecule has 346 valence electrons. The molecule has 0 amide bonds. The van der Waals surface area contributed by atoms with E-state index in [1.54, 1.807) is 36.9 Å². The summed E-state index contributed by atoms with van der Waals surface area (Å²) in [5, 5.41) is 22.1. The first-order valence-electron chi connectivity index (χ1n) is 22.5. The fourth-order valence-electron chi connectivity index (χ4n) is 8.60. The number of thiophene rings is 2. The van der Waals surface area contributed by atoms with Crippen LogP contribution in [0.2, 0.25) is 0 Å². The molecule has 8 aromatic carbocycles. The van der Waals surface area contributed by atoms with Crippen LogP contribution in [0.4, 0.5) is 0 Å². The van der Waals surface area contributed by atoms with Gasteiger partial charge in [0.05, 0.1) is 40.3 Å². The van der Waals surface area contributed by atoms with Crippen LogP contribution >= 0.6 is 22.7 Å². The molecule has 0 aliphatic heterocycles. The molecule has 0 aliphatic carbocycles. The van der Waals surface area contributed by atoms with Crippen molar-refractivity contribution in [2.45, 2.75) is 0 Å². The molecule has 12 aromatic rings. The third-order valence-electron chi connectivity index (χ3n) is 11.8. The van der Waals surface area contributed by atoms with Gasteiger partial charge in [-0.2, -0.15) is 49.2 Å². The molecule has 12 rings (SSSR count). The molecule has 6 nitrogen and oxygen atoms in total. The number of rotatable bonds is 7. The number of aliphatic hydroxyl groups is 2. The van der Waals surface area contributed by atoms with Crippen molar-refractivity contribution in [3.05, 3.63) is 242 Å². The minimum absolute atomic E-state index is 0. The Morgan fingerprint density at radius 3 is 1.13 bits per heavy atom. The maximum absolute atomic E-state index is 11.1. The van der Waals surface area contributed by atoms with E-state index >= 15 is 0 Å². The maximum atomic E-state index is 11.1. The van der Waals surface area contributed by atoms with Gasteiger partial charge in [-0.25, -0.2) is 0 Å². The topological polar surface area (TPSA) is 64.9 Å². The summed E-state index contributed by atoms with van der Waals surface area (Å²) in [4.78, 5) is 0. The summed E-state index contributed by atoms with van der Waals surface area (Å²) in [6.07, 6.45) is 0. The Kier molecular flexibility index (Phi) is 16.0. The van der Waals surface area contributed by atoms with Gasteiger partial charge in [-0.05, 0) is 36.4 Å². The molecule has 0 unspecified atom stereocenters. The number of methoxy groups -OCH3 is 1. The Labute approximate surface area is 436 Å². The fourth-order valence-corrected chi connectivity index (χ4v) is 10.7. The Balaban J connectivity index is 0.000000146. The largest absolute Gasteiger partial charge is 0.584 e. The number of para-hydroxylation sites is 6. The Morgan fingerprint density at radius 2 is 0.743 bits per heavy atom. The molecule has 0 atom stereocenters. The number of nitrogens with zero attached hydrogens (tertiary/aromatic N) is 2. The van der Waals surface area contributed by atoms with E-state index in [4.69, 9.17) is 4.74 Å². The smallest absolute Gasteiger partial charge is 0.262 e. The first kappa shape index (κ1) is 49.0. The third kappa shape index (κ3) is 10.0. The predicted octanol–water partition coefficient (Wildman–Crippen LogP) is 16.2. The summed E-state index contributed by atoms with van der Waals surface area (Å²) in [6.45, 7) is 7.44. The van der Waals surface area contributed by atoms with Gasteiger partial charge in [0.15, 0.2) is 25.7 Å². The zero-order chi connectivity index (χ0) is 47.7. The monoisotopic (exact) mass is 1030 g/mol. The molecule has 4 heterocycles. The zero-order valence-corrected chi connectivity index (χ0v) is 43.3. The second-order valence-electron chi connectivity index (χ2n) is 16.0. The molecule has 0 saturated carbocycles. The molecule has 0 bridgehead atoms. The van der Waals surface area contributed by atoms with Gasteiger partial charge in [0.2, 0.25) is 0 Å². The van der Waals surface area contributed by atoms with E-state index in [1.165, 1.54) is 32.6 Å². The van der Waals surface area contributed by atoms with Crippen molar-refractivity contribution in [2.75, 3.05) is 21.3 Å². The van der Waals surface area contributed by atoms with Crippen molar-refractivity contribution in [1.82, 2.24) is 9.13 Å². The number of aromatic hydroxyl groups is 3. The summed E-state index contributed by atoms with van der Waals surface area (Å²) in [6, 6.07) is 69.5. The number of hydrogen-bond donors (Lipinski definition) is 1. The first-order chi connectivity index (χ1) is 33.9. The van der Waals surface area contributed by atoms with E-state index < -0.39 is 0 Å². The minimum Gasteiger partial charge on any atom is -0.584 e. The van der Waals surface area contributed by atoms with Crippen LogP contribution in [0.3, 0.4) is 0 Å². The summed E-state index contributed by atoms with van der Waals surface area (Å²) >= 11 is 3.25. The van der Waals surface area contributed by atoms with E-state index in [-0.39, 0.29) is 26.2 Å². The van der Waals surface area contributed by atoms with Gasteiger partial charge in [-0.15, -0.1) is 46.9 Å². The van der Waals surface area contributed by atoms with E-state index in [0.717, 1.165) is 71.7 Å². The van der Waals surface area contributed by atoms with E-state index in [9.17, 15) is 5.11 Å². The van der Waals surface area contributed by atoms with Crippen molar-refractivity contribution in [3.63, 3.8) is 0 Å². The molecule has 0 radical (unpaired) electrons. The number of aromatic nitrogens is 2. The number of fused-ring (bicyclic) bond motifs is 6. The summed E-state index contributed by atoms with van der Waals surface area (Å²) in [7, 11) is 5.34. The zero-order valence-electron chi connectivity index (χ0n) is 39.2. The number of ether oxygens (including phenoxy) is 3. The molecule has 70 heavy (non-hydrogen) atoms. The average Bonchev–Trinajstić information content (AvgIpc) is 4.17. The van der Waals surface area contributed by atoms with Gasteiger partial charge < -0.3 is 19.3 Å². The molecule has 0 fully saturated rings. The average molecular weight is 1030 g/mol. The van der Waals surface area contributed by atoms with Gasteiger partial charge in [0.1, 0.15) is 10.0 Å². The molecule has 9 heteroatoms. The Bertz CT molecular complexity index is 3490. The van der Waals surface area contributed by atoms with Crippen LogP contribution in [0.25, 0.3) is 75.9 Å². The fraction of sp³-hybridized carbons (Fsp3) is 0.0492. The van der Waals surface area contributed by atoms with Crippen molar-refractivity contribution in [3.8, 4) is 55.3 Å². The third-order valence-corrected chi connectivity index (χ3v) is 13.7. The maximum Gasteiger partial charge on any atom is 0.262 e. The van der Waals surface area contributed by atoms with Crippen LogP contribution in [-0.4, -0.2) is 45.0 Å². The van der Waals surface area contributed by atoms with Gasteiger partial charge in [0.25, 0.3) is 11.5 Å². The Hall–Kier alpha value is -7.42. The van der Waals surface area contributed by atoms with Crippen LogP contribution in [-0.2, 0) is 26.2 Å². The SMILES string of the molecule is COc1c(-c2ccccc2[OH+]C)csc1-n1c2ccccc2c2ccccc21.C[OH+]c1ccccc1-c1csc(-n2c3ccccc3c3ccccc32)c1O.[CH2-]c1ccccc1.[CH2-]c1ccccc1.[Zr]. The van der Waals surface area contributed by atoms with Crippen LogP contribution in [0.1, 0.15) is 11.1 Å². The van der Waals surface area contributed by atoms with Crippen LogP contribution in [0.15, 0.2) is 217 Å². The number of hydrogen-bond acceptors (Lipinski definition) is 4.